The van der Waals surface area contributed by atoms with Gasteiger partial charge in [-0.05, 0) is 31.9 Å². The molecule has 8 nitrogen and oxygen atoms in total. The number of amides is 1. The van der Waals surface area contributed by atoms with E-state index >= 15 is 0 Å². The number of ether oxygens (including phenoxy) is 1. The zero-order valence-corrected chi connectivity index (χ0v) is 15.0. The average molecular weight is 344 g/mol. The summed E-state index contributed by atoms with van der Waals surface area (Å²) in [6, 6.07) is 3.63. The van der Waals surface area contributed by atoms with Gasteiger partial charge in [0.25, 0.3) is 0 Å². The summed E-state index contributed by atoms with van der Waals surface area (Å²) < 4.78 is 7.07. The predicted molar refractivity (Wildman–Crippen MR) is 94.4 cm³/mol. The van der Waals surface area contributed by atoms with Gasteiger partial charge >= 0.3 is 6.09 Å². The molecule has 1 amide bonds. The van der Waals surface area contributed by atoms with Gasteiger partial charge in [-0.2, -0.15) is 10.1 Å². The molecule has 2 aromatic heterocycles. The highest BCUT2D eigenvalue weighted by molar-refractivity contribution is 5.89. The summed E-state index contributed by atoms with van der Waals surface area (Å²) in [6.45, 7) is 9.37. The molecule has 1 aliphatic rings. The Labute approximate surface area is 147 Å². The summed E-state index contributed by atoms with van der Waals surface area (Å²) in [6.07, 6.45) is 3.22. The lowest BCUT2D eigenvalue weighted by Gasteiger charge is -2.23. The van der Waals surface area contributed by atoms with E-state index in [2.05, 4.69) is 34.2 Å². The Morgan fingerprint density at radius 3 is 2.84 bits per heavy atom. The van der Waals surface area contributed by atoms with Crippen LogP contribution in [-0.4, -0.2) is 38.5 Å². The molecule has 0 spiro atoms. The number of anilines is 2. The van der Waals surface area contributed by atoms with Crippen LogP contribution >= 0.6 is 0 Å². The lowest BCUT2D eigenvalue weighted by Crippen LogP contribution is -2.37. The molecule has 1 saturated heterocycles. The van der Waals surface area contributed by atoms with Gasteiger partial charge in [-0.1, -0.05) is 13.8 Å². The average Bonchev–Trinajstić information content (AvgIpc) is 3.21. The molecule has 0 aliphatic carbocycles. The number of cyclic esters (lactones) is 1. The number of carbonyl (C=O) groups is 1. The van der Waals surface area contributed by atoms with Crippen LogP contribution in [0.5, 0.6) is 0 Å². The van der Waals surface area contributed by atoms with Crippen molar-refractivity contribution in [2.24, 2.45) is 5.92 Å². The Balaban J connectivity index is 1.78. The molecule has 0 bridgehead atoms. The van der Waals surface area contributed by atoms with Crippen LogP contribution in [0.4, 0.5) is 16.6 Å². The summed E-state index contributed by atoms with van der Waals surface area (Å²) in [5.41, 5.74) is 0.913. The van der Waals surface area contributed by atoms with Crippen LogP contribution in [0.2, 0.25) is 0 Å². The zero-order chi connectivity index (χ0) is 18.0. The highest BCUT2D eigenvalue weighted by Crippen LogP contribution is 2.26. The van der Waals surface area contributed by atoms with Crippen molar-refractivity contribution in [3.8, 4) is 0 Å². The van der Waals surface area contributed by atoms with Crippen LogP contribution in [0.25, 0.3) is 0 Å². The fraction of sp³-hybridized carbons (Fsp3) is 0.529. The third-order valence-corrected chi connectivity index (χ3v) is 4.34. The van der Waals surface area contributed by atoms with Gasteiger partial charge in [0.1, 0.15) is 12.4 Å². The van der Waals surface area contributed by atoms with Crippen LogP contribution in [0.15, 0.2) is 24.5 Å². The third-order valence-electron chi connectivity index (χ3n) is 4.34. The number of hydrogen-bond donors (Lipinski definition) is 1. The molecule has 2 atom stereocenters. The van der Waals surface area contributed by atoms with Gasteiger partial charge in [0.05, 0.1) is 17.8 Å². The molecule has 8 heteroatoms. The maximum absolute atomic E-state index is 12.1. The standard InChI is InChI=1S/C17H24N6O2/c1-5-22-9-7-13(21-22)12(4)19-16-18-8-6-15(20-16)23-14(11(2)3)10-25-17(23)24/h6-9,11-12,14H,5,10H2,1-4H3,(H,18,19,20)/t12-,14+/m0/s1. The summed E-state index contributed by atoms with van der Waals surface area (Å²) in [5.74, 6) is 1.28. The topological polar surface area (TPSA) is 85.2 Å². The SMILES string of the molecule is CCn1ccc([C@H](C)Nc2nccc(N3C(=O)OC[C@@H]3C(C)C)n2)n1. The van der Waals surface area contributed by atoms with Gasteiger partial charge in [0, 0.05) is 18.9 Å². The van der Waals surface area contributed by atoms with Crippen molar-refractivity contribution in [2.45, 2.75) is 46.3 Å². The molecular formula is C17H24N6O2. The van der Waals surface area contributed by atoms with Crippen molar-refractivity contribution in [3.05, 3.63) is 30.2 Å². The Kier molecular flexibility index (Phi) is 4.87. The summed E-state index contributed by atoms with van der Waals surface area (Å²) >= 11 is 0. The molecule has 134 valence electrons. The van der Waals surface area contributed by atoms with E-state index < -0.39 is 0 Å². The second-order valence-corrected chi connectivity index (χ2v) is 6.46. The lowest BCUT2D eigenvalue weighted by molar-refractivity contribution is 0.177. The van der Waals surface area contributed by atoms with Crippen LogP contribution in [-0.2, 0) is 11.3 Å². The van der Waals surface area contributed by atoms with Crippen LogP contribution < -0.4 is 10.2 Å². The summed E-state index contributed by atoms with van der Waals surface area (Å²) in [5, 5.41) is 7.73. The van der Waals surface area contributed by atoms with E-state index in [9.17, 15) is 4.79 Å². The number of aryl methyl sites for hydroxylation is 1. The molecule has 25 heavy (non-hydrogen) atoms. The van der Waals surface area contributed by atoms with E-state index in [1.54, 1.807) is 17.2 Å². The first kappa shape index (κ1) is 17.2. The molecule has 3 rings (SSSR count). The fourth-order valence-corrected chi connectivity index (χ4v) is 2.80. The van der Waals surface area contributed by atoms with Crippen molar-refractivity contribution in [3.63, 3.8) is 0 Å². The van der Waals surface area contributed by atoms with Crippen molar-refractivity contribution in [1.29, 1.82) is 0 Å². The Morgan fingerprint density at radius 2 is 2.16 bits per heavy atom. The quantitative estimate of drug-likeness (QED) is 0.867. The van der Waals surface area contributed by atoms with Gasteiger partial charge in [-0.25, -0.2) is 9.78 Å². The van der Waals surface area contributed by atoms with E-state index in [1.165, 1.54) is 0 Å². The van der Waals surface area contributed by atoms with E-state index in [1.807, 2.05) is 30.8 Å². The van der Waals surface area contributed by atoms with Gasteiger partial charge in [-0.15, -0.1) is 0 Å². The lowest BCUT2D eigenvalue weighted by atomic mass is 10.0. The molecule has 1 aliphatic heterocycles. The minimum Gasteiger partial charge on any atom is -0.447 e. The first-order valence-electron chi connectivity index (χ1n) is 8.58. The summed E-state index contributed by atoms with van der Waals surface area (Å²) in [7, 11) is 0. The number of hydrogen-bond acceptors (Lipinski definition) is 6. The number of nitrogens with zero attached hydrogens (tertiary/aromatic N) is 5. The van der Waals surface area contributed by atoms with Crippen LogP contribution in [0.1, 0.15) is 39.4 Å². The molecular weight excluding hydrogens is 320 g/mol. The smallest absolute Gasteiger partial charge is 0.415 e. The van der Waals surface area contributed by atoms with E-state index in [4.69, 9.17) is 4.74 Å². The Hall–Kier alpha value is -2.64. The Morgan fingerprint density at radius 1 is 1.36 bits per heavy atom. The van der Waals surface area contributed by atoms with Gasteiger partial charge in [0.2, 0.25) is 5.95 Å². The molecule has 2 aromatic rings. The molecule has 0 saturated carbocycles. The molecule has 1 N–H and O–H groups in total. The first-order chi connectivity index (χ1) is 12.0. The minimum absolute atomic E-state index is 0.0204. The third kappa shape index (κ3) is 3.57. The molecule has 0 unspecified atom stereocenters. The van der Waals surface area contributed by atoms with Crippen LogP contribution in [0, 0.1) is 5.92 Å². The zero-order valence-electron chi connectivity index (χ0n) is 15.0. The maximum Gasteiger partial charge on any atom is 0.415 e. The van der Waals surface area contributed by atoms with Crippen molar-refractivity contribution < 1.29 is 9.53 Å². The minimum atomic E-state index is -0.363. The van der Waals surface area contributed by atoms with Crippen molar-refractivity contribution in [2.75, 3.05) is 16.8 Å². The van der Waals surface area contributed by atoms with E-state index in [0.29, 0.717) is 18.4 Å². The number of rotatable bonds is 6. The second-order valence-electron chi connectivity index (χ2n) is 6.46. The van der Waals surface area contributed by atoms with Crippen LogP contribution in [0.3, 0.4) is 0 Å². The number of nitrogens with one attached hydrogen (secondary N) is 1. The number of carbonyl (C=O) groups excluding carboxylic acids is 1. The summed E-state index contributed by atoms with van der Waals surface area (Å²) in [4.78, 5) is 22.5. The highest BCUT2D eigenvalue weighted by Gasteiger charge is 2.37. The number of aromatic nitrogens is 4. The van der Waals surface area contributed by atoms with Gasteiger partial charge in [-0.3, -0.25) is 9.58 Å². The van der Waals surface area contributed by atoms with Gasteiger partial charge in [0.15, 0.2) is 0 Å². The maximum atomic E-state index is 12.1. The Bertz CT molecular complexity index is 744. The molecule has 1 fully saturated rings. The predicted octanol–water partition coefficient (Wildman–Crippen LogP) is 2.85. The monoisotopic (exact) mass is 344 g/mol. The molecule has 0 aromatic carbocycles. The largest absolute Gasteiger partial charge is 0.447 e. The van der Waals surface area contributed by atoms with E-state index in [-0.39, 0.29) is 24.1 Å². The fourth-order valence-electron chi connectivity index (χ4n) is 2.80. The van der Waals surface area contributed by atoms with E-state index in [0.717, 1.165) is 12.2 Å². The molecule has 3 heterocycles. The highest BCUT2D eigenvalue weighted by atomic mass is 16.6. The second kappa shape index (κ2) is 7.08. The van der Waals surface area contributed by atoms with Crippen molar-refractivity contribution >= 4 is 17.9 Å². The van der Waals surface area contributed by atoms with Gasteiger partial charge < -0.3 is 10.1 Å². The normalized spacial score (nSPS) is 18.5. The first-order valence-corrected chi connectivity index (χ1v) is 8.58. The van der Waals surface area contributed by atoms with Crippen molar-refractivity contribution in [1.82, 2.24) is 19.7 Å². The molecule has 0 radical (unpaired) electrons.